The van der Waals surface area contributed by atoms with Crippen LogP contribution >= 0.6 is 0 Å². The highest BCUT2D eigenvalue weighted by Gasteiger charge is 1.94. The second-order valence-electron chi connectivity index (χ2n) is 1.51. The van der Waals surface area contributed by atoms with Crippen LogP contribution in [0, 0.1) is 0 Å². The number of hydrogen-bond acceptors (Lipinski definition) is 3. The van der Waals surface area contributed by atoms with Crippen molar-refractivity contribution in [2.24, 2.45) is 0 Å². The minimum Gasteiger partial charge on any atom is -0.709 e. The average Bonchev–Trinajstić information content (AvgIpc) is 1.90. The lowest BCUT2D eigenvalue weighted by atomic mass is 10.5. The van der Waals surface area contributed by atoms with E-state index in [0.29, 0.717) is 0 Å². The third-order valence-corrected chi connectivity index (χ3v) is 2.15. The Kier molecular flexibility index (Phi) is 1.70. The molecule has 0 N–H and O–H groups in total. The fraction of sp³-hybridized carbons (Fsp3) is 0. The third kappa shape index (κ3) is 1.41. The lowest BCUT2D eigenvalue weighted by molar-refractivity contribution is -0.633. The van der Waals surface area contributed by atoms with Gasteiger partial charge in [-0.05, 0) is 0 Å². The summed E-state index contributed by atoms with van der Waals surface area (Å²) in [6.07, 6.45) is 4.70. The molecule has 0 aromatic heterocycles. The monoisotopic (exact) mass is 145 g/mol. The third-order valence-electron chi connectivity index (χ3n) is 0.865. The van der Waals surface area contributed by atoms with Crippen LogP contribution in [0.25, 0.3) is 0 Å². The first kappa shape index (κ1) is 6.54. The predicted octanol–water partition coefficient (Wildman–Crippen LogP) is -0.637. The van der Waals surface area contributed by atoms with Crippen LogP contribution in [0.2, 0.25) is 0 Å². The van der Waals surface area contributed by atoms with Gasteiger partial charge in [-0.1, -0.05) is 18.2 Å². The molecule has 0 amide bonds. The molecule has 9 heavy (non-hydrogen) atoms. The predicted molar refractivity (Wildman–Crippen MR) is 33.6 cm³/mol. The zero-order chi connectivity index (χ0) is 6.74. The molecule has 0 saturated carbocycles. The molecule has 0 fully saturated rings. The van der Waals surface area contributed by atoms with Gasteiger partial charge in [-0.3, -0.25) is 0 Å². The van der Waals surface area contributed by atoms with Crippen molar-refractivity contribution in [2.45, 2.75) is 0 Å². The summed E-state index contributed by atoms with van der Waals surface area (Å²) in [7, 11) is -2.78. The molecule has 0 aromatic rings. The molecule has 1 aliphatic heterocycles. The maximum absolute atomic E-state index is 10.8. The summed E-state index contributed by atoms with van der Waals surface area (Å²) in [6.45, 7) is 0. The van der Waals surface area contributed by atoms with E-state index in [1.165, 1.54) is 22.9 Å². The highest BCUT2D eigenvalue weighted by atomic mass is 32.2. The van der Waals surface area contributed by atoms with E-state index in [1.807, 2.05) is 0 Å². The highest BCUT2D eigenvalue weighted by Crippen LogP contribution is 1.97. The van der Waals surface area contributed by atoms with Crippen LogP contribution in [0.5, 0.6) is 0 Å². The van der Waals surface area contributed by atoms with Gasteiger partial charge in [0.1, 0.15) is 0 Å². The lowest BCUT2D eigenvalue weighted by Crippen LogP contribution is -2.14. The van der Waals surface area contributed by atoms with Gasteiger partial charge >= 0.3 is 0 Å². The van der Waals surface area contributed by atoms with Crippen LogP contribution < -0.4 is 5.26 Å². The molecule has 1 atom stereocenters. The van der Waals surface area contributed by atoms with Crippen LogP contribution in [0.3, 0.4) is 0 Å². The van der Waals surface area contributed by atoms with Gasteiger partial charge in [0.15, 0.2) is 0 Å². The van der Waals surface area contributed by atoms with Crippen molar-refractivity contribution in [2.75, 3.05) is 0 Å². The zero-order valence-electron chi connectivity index (χ0n) is 4.52. The molecule has 4 heteroatoms. The number of allylic oxidation sites excluding steroid dienone is 3. The fourth-order valence-corrected chi connectivity index (χ4v) is 1.27. The molecule has 0 bridgehead atoms. The smallest absolute Gasteiger partial charge is 0.0975 e. The summed E-state index contributed by atoms with van der Waals surface area (Å²) in [5.41, 5.74) is 0. The second kappa shape index (κ2) is 2.34. The molecule has 3 nitrogen and oxygen atoms in total. The van der Waals surface area contributed by atoms with Crippen molar-refractivity contribution in [3.05, 3.63) is 23.6 Å². The average molecular weight is 145 g/mol. The van der Waals surface area contributed by atoms with E-state index < -0.39 is 9.80 Å². The van der Waals surface area contributed by atoms with Gasteiger partial charge in [-0.25, -0.2) is 4.21 Å². The Bertz CT molecular complexity index is 255. The van der Waals surface area contributed by atoms with Gasteiger partial charge in [0.05, 0.1) is 9.80 Å². The van der Waals surface area contributed by atoms with Crippen LogP contribution in [-0.2, 0) is 14.1 Å². The van der Waals surface area contributed by atoms with E-state index >= 15 is 0 Å². The number of rotatable bonds is 1. The zero-order valence-corrected chi connectivity index (χ0v) is 5.34. The summed E-state index contributed by atoms with van der Waals surface area (Å²) in [5.74, 6) is 0. The van der Waals surface area contributed by atoms with Gasteiger partial charge in [0.25, 0.3) is 0 Å². The van der Waals surface area contributed by atoms with E-state index in [2.05, 4.69) is 4.33 Å². The molecule has 0 spiro atoms. The lowest BCUT2D eigenvalue weighted by Gasteiger charge is -2.10. The Hall–Kier alpha value is -0.580. The molecule has 0 aromatic carbocycles. The largest absolute Gasteiger partial charge is 0.709 e. The van der Waals surface area contributed by atoms with Crippen LogP contribution in [-0.4, -0.2) is 9.58 Å². The fourth-order valence-electron chi connectivity index (χ4n) is 0.465. The minimum atomic E-state index is -2.78. The van der Waals surface area contributed by atoms with Gasteiger partial charge in [-0.15, -0.1) is 0 Å². The summed E-state index contributed by atoms with van der Waals surface area (Å²) in [6, 6.07) is 0. The van der Waals surface area contributed by atoms with Crippen molar-refractivity contribution in [3.63, 3.8) is 0 Å². The molecule has 1 rings (SSSR count). The van der Waals surface area contributed by atoms with Crippen molar-refractivity contribution >= 4 is 15.2 Å². The Labute approximate surface area is 53.4 Å². The molecule has 1 aliphatic rings. The first-order valence-electron chi connectivity index (χ1n) is 2.30. The summed E-state index contributed by atoms with van der Waals surface area (Å²) in [5, 5.41) is 12.2. The molecular weight excluding hydrogens is 140 g/mol. The van der Waals surface area contributed by atoms with Crippen molar-refractivity contribution in [3.8, 4) is 0 Å². The Morgan fingerprint density at radius 2 is 2.11 bits per heavy atom. The Morgan fingerprint density at radius 3 is 2.44 bits per heavy atom. The second-order valence-corrected chi connectivity index (χ2v) is 3.37. The maximum atomic E-state index is 10.8. The van der Waals surface area contributed by atoms with E-state index in [1.54, 1.807) is 6.08 Å². The summed E-state index contributed by atoms with van der Waals surface area (Å²) in [4.78, 5) is 0. The van der Waals surface area contributed by atoms with Gasteiger partial charge < -0.3 is 9.59 Å². The number of hydrogen-bond donors (Lipinski definition) is 0. The van der Waals surface area contributed by atoms with Crippen molar-refractivity contribution in [1.82, 2.24) is 0 Å². The van der Waals surface area contributed by atoms with Crippen molar-refractivity contribution in [1.29, 1.82) is 0 Å². The van der Waals surface area contributed by atoms with E-state index in [-0.39, 0.29) is 0 Å². The Balaban J connectivity index is 3.08. The minimum absolute atomic E-state index is 1.24. The van der Waals surface area contributed by atoms with Gasteiger partial charge in [0.2, 0.25) is 0 Å². The molecule has 0 radical (unpaired) electrons. The topological polar surface area (TPSA) is 49.4 Å². The molecule has 0 saturated heterocycles. The molecule has 1 heterocycles. The maximum Gasteiger partial charge on any atom is 0.0975 e. The van der Waals surface area contributed by atoms with E-state index in [4.69, 9.17) is 0 Å². The van der Waals surface area contributed by atoms with E-state index in [0.717, 1.165) is 0 Å². The standard InChI is InChI=1S/C5H6O3S/c6-8-9(7)4-2-1-3-5-9/h1-6H/p-1. The molecule has 1 unspecified atom stereocenters. The normalized spacial score (nSPS) is 32.1. The highest BCUT2D eigenvalue weighted by molar-refractivity contribution is 7.99. The quantitative estimate of drug-likeness (QED) is 0.280. The molecular formula is C5H5O3S-. The summed E-state index contributed by atoms with van der Waals surface area (Å²) < 4.78 is 14.3. The van der Waals surface area contributed by atoms with Gasteiger partial charge in [0, 0.05) is 10.8 Å². The summed E-state index contributed by atoms with van der Waals surface area (Å²) >= 11 is 0. The van der Waals surface area contributed by atoms with E-state index in [9.17, 15) is 9.47 Å². The Morgan fingerprint density at radius 1 is 1.33 bits per heavy atom. The first-order valence-corrected chi connectivity index (χ1v) is 3.91. The van der Waals surface area contributed by atoms with Crippen LogP contribution in [0.1, 0.15) is 0 Å². The van der Waals surface area contributed by atoms with Crippen LogP contribution in [0.15, 0.2) is 23.6 Å². The SMILES string of the molecule is O=S1(O[O-])=CC=CC=C1. The van der Waals surface area contributed by atoms with Crippen LogP contribution in [0.4, 0.5) is 0 Å². The molecule has 50 valence electrons. The van der Waals surface area contributed by atoms with Crippen molar-refractivity contribution < 1.29 is 13.8 Å². The molecule has 0 aliphatic carbocycles. The first-order chi connectivity index (χ1) is 4.27. The van der Waals surface area contributed by atoms with Gasteiger partial charge in [-0.2, -0.15) is 0 Å².